The molecule has 39 heavy (non-hydrogen) atoms. The van der Waals surface area contributed by atoms with Gasteiger partial charge in [-0.2, -0.15) is 5.10 Å². The van der Waals surface area contributed by atoms with Crippen molar-refractivity contribution < 1.29 is 14.2 Å². The molecule has 0 unspecified atom stereocenters. The van der Waals surface area contributed by atoms with Gasteiger partial charge in [-0.3, -0.25) is 9.67 Å². The molecule has 0 aliphatic carbocycles. The molecule has 3 heterocycles. The third-order valence-corrected chi connectivity index (χ3v) is 6.52. The number of aliphatic hydroxyl groups excluding tert-OH is 1. The normalized spacial score (nSPS) is 11.1. The maximum atomic E-state index is 13.8. The van der Waals surface area contributed by atoms with Crippen LogP contribution in [-0.4, -0.2) is 31.5 Å². The molecule has 7 heteroatoms. The molecule has 0 atom stereocenters. The zero-order valence-electron chi connectivity index (χ0n) is 21.0. The molecule has 0 spiro atoms. The Kier molecular flexibility index (Phi) is 6.80. The lowest BCUT2D eigenvalue weighted by molar-refractivity contribution is 0.270. The summed E-state index contributed by atoms with van der Waals surface area (Å²) in [4.78, 5) is 9.14. The lowest BCUT2D eigenvalue weighted by atomic mass is 9.89. The highest BCUT2D eigenvalue weighted by atomic mass is 19.1. The van der Waals surface area contributed by atoms with Gasteiger partial charge in [0.15, 0.2) is 5.65 Å². The van der Waals surface area contributed by atoms with Crippen LogP contribution in [-0.2, 0) is 13.2 Å². The van der Waals surface area contributed by atoms with Gasteiger partial charge in [0.1, 0.15) is 18.2 Å². The Labute approximate surface area is 225 Å². The van der Waals surface area contributed by atoms with Crippen LogP contribution < -0.4 is 4.74 Å². The fraction of sp³-hybridized carbons (Fsp3) is 0.0938. The Hall–Kier alpha value is -4.88. The molecule has 0 aliphatic rings. The number of halogens is 1. The number of hydrogen-bond donors (Lipinski definition) is 1. The van der Waals surface area contributed by atoms with E-state index in [2.05, 4.69) is 10.1 Å². The highest BCUT2D eigenvalue weighted by Crippen LogP contribution is 2.43. The van der Waals surface area contributed by atoms with Crippen molar-refractivity contribution in [1.82, 2.24) is 19.7 Å². The van der Waals surface area contributed by atoms with Crippen molar-refractivity contribution in [2.45, 2.75) is 13.2 Å². The molecule has 0 saturated carbocycles. The highest BCUT2D eigenvalue weighted by molar-refractivity contribution is 6.06. The number of hydrogen-bond acceptors (Lipinski definition) is 5. The van der Waals surface area contributed by atoms with Crippen LogP contribution in [0, 0.1) is 5.82 Å². The maximum Gasteiger partial charge on any atom is 0.182 e. The first-order valence-electron chi connectivity index (χ1n) is 12.6. The second-order valence-electron chi connectivity index (χ2n) is 9.10. The number of fused-ring (bicyclic) bond motifs is 1. The van der Waals surface area contributed by atoms with Gasteiger partial charge in [-0.25, -0.2) is 9.37 Å². The molecule has 192 valence electrons. The van der Waals surface area contributed by atoms with E-state index in [1.54, 1.807) is 29.2 Å². The van der Waals surface area contributed by atoms with Crippen LogP contribution in [0.4, 0.5) is 4.39 Å². The van der Waals surface area contributed by atoms with E-state index in [-0.39, 0.29) is 12.4 Å². The first-order chi connectivity index (χ1) is 19.2. The minimum absolute atomic E-state index is 0.0429. The van der Waals surface area contributed by atoms with Gasteiger partial charge in [-0.1, -0.05) is 42.5 Å². The SMILES string of the molecule is OCCn1cc2c(-c3ccc(OCc4ccccc4)cc3)c(-c3ccncc3)c(-c3ccc(F)cc3)nc2n1. The Morgan fingerprint density at radius 1 is 0.769 bits per heavy atom. The zero-order chi connectivity index (χ0) is 26.6. The van der Waals surface area contributed by atoms with Crippen LogP contribution in [0.1, 0.15) is 5.56 Å². The van der Waals surface area contributed by atoms with Gasteiger partial charge in [-0.05, 0) is 65.2 Å². The van der Waals surface area contributed by atoms with E-state index in [4.69, 9.17) is 9.72 Å². The van der Waals surface area contributed by atoms with Crippen LogP contribution in [0.25, 0.3) is 44.5 Å². The molecule has 3 aromatic heterocycles. The predicted octanol–water partition coefficient (Wildman–Crippen LogP) is 6.54. The van der Waals surface area contributed by atoms with E-state index in [0.29, 0.717) is 24.5 Å². The minimum Gasteiger partial charge on any atom is -0.489 e. The molecule has 0 radical (unpaired) electrons. The molecule has 6 rings (SSSR count). The van der Waals surface area contributed by atoms with Gasteiger partial charge in [0.05, 0.1) is 18.8 Å². The van der Waals surface area contributed by atoms with Crippen molar-refractivity contribution in [3.63, 3.8) is 0 Å². The van der Waals surface area contributed by atoms with Gasteiger partial charge in [0.2, 0.25) is 0 Å². The van der Waals surface area contributed by atoms with Crippen LogP contribution in [0.15, 0.2) is 110 Å². The first kappa shape index (κ1) is 24.5. The van der Waals surface area contributed by atoms with E-state index in [1.807, 2.05) is 72.9 Å². The third kappa shape index (κ3) is 5.12. The number of nitrogens with zero attached hydrogens (tertiary/aromatic N) is 4. The molecule has 0 saturated heterocycles. The molecule has 0 fully saturated rings. The molecule has 3 aromatic carbocycles. The van der Waals surface area contributed by atoms with Crippen molar-refractivity contribution in [3.8, 4) is 39.3 Å². The van der Waals surface area contributed by atoms with E-state index in [9.17, 15) is 9.50 Å². The fourth-order valence-electron chi connectivity index (χ4n) is 4.68. The highest BCUT2D eigenvalue weighted by Gasteiger charge is 2.22. The van der Waals surface area contributed by atoms with Crippen LogP contribution in [0.3, 0.4) is 0 Å². The van der Waals surface area contributed by atoms with Crippen molar-refractivity contribution in [1.29, 1.82) is 0 Å². The molecular formula is C32H25FN4O2. The molecule has 1 N–H and O–H groups in total. The van der Waals surface area contributed by atoms with Gasteiger partial charge in [0, 0.05) is 40.7 Å². The largest absolute Gasteiger partial charge is 0.489 e. The summed E-state index contributed by atoms with van der Waals surface area (Å²) in [5.41, 5.74) is 6.79. The molecule has 6 aromatic rings. The van der Waals surface area contributed by atoms with Crippen molar-refractivity contribution in [3.05, 3.63) is 121 Å². The average molecular weight is 517 g/mol. The zero-order valence-corrected chi connectivity index (χ0v) is 21.0. The Balaban J connectivity index is 1.53. The summed E-state index contributed by atoms with van der Waals surface area (Å²) in [7, 11) is 0. The van der Waals surface area contributed by atoms with Crippen molar-refractivity contribution >= 4 is 11.0 Å². The number of aliphatic hydroxyl groups is 1. The van der Waals surface area contributed by atoms with E-state index in [1.165, 1.54) is 12.1 Å². The summed E-state index contributed by atoms with van der Waals surface area (Å²) >= 11 is 0. The molecular weight excluding hydrogens is 491 g/mol. The average Bonchev–Trinajstić information content (AvgIpc) is 3.39. The third-order valence-electron chi connectivity index (χ3n) is 6.52. The van der Waals surface area contributed by atoms with Crippen molar-refractivity contribution in [2.24, 2.45) is 0 Å². The van der Waals surface area contributed by atoms with Gasteiger partial charge in [-0.15, -0.1) is 0 Å². The monoisotopic (exact) mass is 516 g/mol. The van der Waals surface area contributed by atoms with E-state index in [0.717, 1.165) is 44.5 Å². The topological polar surface area (TPSA) is 73.1 Å². The molecule has 0 bridgehead atoms. The predicted molar refractivity (Wildman–Crippen MR) is 149 cm³/mol. The number of ether oxygens (including phenoxy) is 1. The lowest BCUT2D eigenvalue weighted by Crippen LogP contribution is -2.01. The quantitative estimate of drug-likeness (QED) is 0.249. The van der Waals surface area contributed by atoms with Crippen molar-refractivity contribution in [2.75, 3.05) is 6.61 Å². The van der Waals surface area contributed by atoms with E-state index < -0.39 is 0 Å². The summed E-state index contributed by atoms with van der Waals surface area (Å²) in [5.74, 6) is 0.442. The number of benzene rings is 3. The Bertz CT molecular complexity index is 1700. The molecule has 0 aliphatic heterocycles. The minimum atomic E-state index is -0.316. The van der Waals surface area contributed by atoms with Gasteiger partial charge < -0.3 is 9.84 Å². The second kappa shape index (κ2) is 10.8. The summed E-state index contributed by atoms with van der Waals surface area (Å²) in [6, 6.07) is 28.2. The summed E-state index contributed by atoms with van der Waals surface area (Å²) in [6.07, 6.45) is 5.40. The molecule has 6 nitrogen and oxygen atoms in total. The summed E-state index contributed by atoms with van der Waals surface area (Å²) in [6.45, 7) is 0.780. The smallest absolute Gasteiger partial charge is 0.182 e. The van der Waals surface area contributed by atoms with Crippen LogP contribution in [0.5, 0.6) is 5.75 Å². The van der Waals surface area contributed by atoms with E-state index >= 15 is 0 Å². The van der Waals surface area contributed by atoms with Crippen LogP contribution in [0.2, 0.25) is 0 Å². The fourth-order valence-corrected chi connectivity index (χ4v) is 4.68. The number of pyridine rings is 2. The Morgan fingerprint density at radius 3 is 2.18 bits per heavy atom. The number of aromatic nitrogens is 4. The second-order valence-corrected chi connectivity index (χ2v) is 9.10. The lowest BCUT2D eigenvalue weighted by Gasteiger charge is -2.17. The standard InChI is InChI=1S/C32H25FN4O2/c33-26-10-6-25(7-11-26)31-30(24-14-16-34-17-15-24)29(28-20-37(18-19-38)36-32(28)35-31)23-8-12-27(13-9-23)39-21-22-4-2-1-3-5-22/h1-17,20,38H,18-19,21H2. The summed E-state index contributed by atoms with van der Waals surface area (Å²) < 4.78 is 21.6. The van der Waals surface area contributed by atoms with Gasteiger partial charge >= 0.3 is 0 Å². The summed E-state index contributed by atoms with van der Waals surface area (Å²) in [5, 5.41) is 15.0. The van der Waals surface area contributed by atoms with Gasteiger partial charge in [0.25, 0.3) is 0 Å². The number of rotatable bonds is 8. The first-order valence-corrected chi connectivity index (χ1v) is 12.6. The molecule has 0 amide bonds. The maximum absolute atomic E-state index is 13.8. The Morgan fingerprint density at radius 2 is 1.46 bits per heavy atom. The van der Waals surface area contributed by atoms with Crippen LogP contribution >= 0.6 is 0 Å².